The van der Waals surface area contributed by atoms with Crippen molar-refractivity contribution in [2.45, 2.75) is 26.7 Å². The molecule has 0 aromatic heterocycles. The van der Waals surface area contributed by atoms with Gasteiger partial charge in [0.2, 0.25) is 0 Å². The van der Waals surface area contributed by atoms with Crippen LogP contribution in [-0.4, -0.2) is 5.78 Å². The number of halogens is 2. The summed E-state index contributed by atoms with van der Waals surface area (Å²) in [7, 11) is 0. The van der Waals surface area contributed by atoms with E-state index in [0.717, 1.165) is 0 Å². The first-order valence-corrected chi connectivity index (χ1v) is 5.74. The van der Waals surface area contributed by atoms with Crippen LogP contribution in [0.15, 0.2) is 22.7 Å². The van der Waals surface area contributed by atoms with Gasteiger partial charge in [-0.25, -0.2) is 4.39 Å². The standard InChI is InChI=1S/C12H14BrFO/c1-8(2)5-11(15)6-9-3-4-10(13)7-12(9)14/h3-4,7-8H,5-6H2,1-2H3. The van der Waals surface area contributed by atoms with Gasteiger partial charge in [0.15, 0.2) is 0 Å². The molecule has 0 unspecified atom stereocenters. The van der Waals surface area contributed by atoms with E-state index in [-0.39, 0.29) is 18.0 Å². The van der Waals surface area contributed by atoms with Gasteiger partial charge in [-0.2, -0.15) is 0 Å². The van der Waals surface area contributed by atoms with E-state index in [1.54, 1.807) is 12.1 Å². The van der Waals surface area contributed by atoms with Crippen molar-refractivity contribution >= 4 is 21.7 Å². The lowest BCUT2D eigenvalue weighted by molar-refractivity contribution is -0.119. The summed E-state index contributed by atoms with van der Waals surface area (Å²) >= 11 is 3.18. The highest BCUT2D eigenvalue weighted by Crippen LogP contribution is 2.16. The Morgan fingerprint density at radius 1 is 1.47 bits per heavy atom. The van der Waals surface area contributed by atoms with Crippen molar-refractivity contribution in [3.8, 4) is 0 Å². The van der Waals surface area contributed by atoms with Crippen molar-refractivity contribution in [2.24, 2.45) is 5.92 Å². The number of Topliss-reactive ketones (excluding diaryl/α,β-unsaturated/α-hetero) is 1. The second-order valence-electron chi connectivity index (χ2n) is 4.05. The van der Waals surface area contributed by atoms with Gasteiger partial charge < -0.3 is 0 Å². The Morgan fingerprint density at radius 2 is 2.13 bits per heavy atom. The van der Waals surface area contributed by atoms with Gasteiger partial charge in [-0.3, -0.25) is 4.79 Å². The summed E-state index contributed by atoms with van der Waals surface area (Å²) in [6.45, 7) is 3.96. The minimum absolute atomic E-state index is 0.0891. The van der Waals surface area contributed by atoms with Crippen LogP contribution in [0.3, 0.4) is 0 Å². The summed E-state index contributed by atoms with van der Waals surface area (Å²) in [6, 6.07) is 4.79. The lowest BCUT2D eigenvalue weighted by Crippen LogP contribution is -2.07. The molecule has 3 heteroatoms. The summed E-state index contributed by atoms with van der Waals surface area (Å²) in [5, 5.41) is 0. The first-order chi connectivity index (χ1) is 6.99. The van der Waals surface area contributed by atoms with Crippen LogP contribution in [-0.2, 0) is 11.2 Å². The number of ketones is 1. The molecule has 0 heterocycles. The third kappa shape index (κ3) is 4.12. The zero-order chi connectivity index (χ0) is 11.4. The van der Waals surface area contributed by atoms with E-state index in [9.17, 15) is 9.18 Å². The van der Waals surface area contributed by atoms with Crippen molar-refractivity contribution < 1.29 is 9.18 Å². The highest BCUT2D eigenvalue weighted by molar-refractivity contribution is 9.10. The molecule has 0 aliphatic carbocycles. The Balaban J connectivity index is 2.68. The smallest absolute Gasteiger partial charge is 0.137 e. The first kappa shape index (κ1) is 12.4. The average molecular weight is 273 g/mol. The lowest BCUT2D eigenvalue weighted by atomic mass is 10.0. The Bertz CT molecular complexity index is 361. The van der Waals surface area contributed by atoms with Gasteiger partial charge in [0.1, 0.15) is 11.6 Å². The Kier molecular flexibility index (Phi) is 4.45. The molecule has 0 fully saturated rings. The fourth-order valence-electron chi connectivity index (χ4n) is 1.40. The highest BCUT2D eigenvalue weighted by atomic mass is 79.9. The van der Waals surface area contributed by atoms with E-state index < -0.39 is 0 Å². The van der Waals surface area contributed by atoms with Gasteiger partial charge in [-0.15, -0.1) is 0 Å². The molecule has 0 saturated heterocycles. The first-order valence-electron chi connectivity index (χ1n) is 4.94. The molecule has 0 spiro atoms. The molecule has 0 bridgehead atoms. The SMILES string of the molecule is CC(C)CC(=O)Cc1ccc(Br)cc1F. The topological polar surface area (TPSA) is 17.1 Å². The monoisotopic (exact) mass is 272 g/mol. The van der Waals surface area contributed by atoms with Crippen LogP contribution in [0.25, 0.3) is 0 Å². The summed E-state index contributed by atoms with van der Waals surface area (Å²) in [6.07, 6.45) is 0.701. The number of carbonyl (C=O) groups excluding carboxylic acids is 1. The van der Waals surface area contributed by atoms with E-state index in [4.69, 9.17) is 0 Å². The highest BCUT2D eigenvalue weighted by Gasteiger charge is 2.09. The minimum atomic E-state index is -0.318. The number of hydrogen-bond acceptors (Lipinski definition) is 1. The number of benzene rings is 1. The predicted octanol–water partition coefficient (Wildman–Crippen LogP) is 3.75. The fourth-order valence-corrected chi connectivity index (χ4v) is 1.74. The number of hydrogen-bond donors (Lipinski definition) is 0. The molecule has 0 aliphatic heterocycles. The molecular formula is C12H14BrFO. The molecule has 0 aliphatic rings. The molecule has 1 nitrogen and oxygen atoms in total. The van der Waals surface area contributed by atoms with Crippen molar-refractivity contribution in [1.82, 2.24) is 0 Å². The molecular weight excluding hydrogens is 259 g/mol. The molecule has 0 atom stereocenters. The third-order valence-electron chi connectivity index (χ3n) is 2.04. The Morgan fingerprint density at radius 3 is 2.67 bits per heavy atom. The minimum Gasteiger partial charge on any atom is -0.299 e. The van der Waals surface area contributed by atoms with Crippen molar-refractivity contribution in [2.75, 3.05) is 0 Å². The zero-order valence-electron chi connectivity index (χ0n) is 8.89. The maximum Gasteiger partial charge on any atom is 0.137 e. The maximum absolute atomic E-state index is 13.4. The maximum atomic E-state index is 13.4. The van der Waals surface area contributed by atoms with Gasteiger partial charge in [0, 0.05) is 17.3 Å². The molecule has 82 valence electrons. The second kappa shape index (κ2) is 5.40. The molecule has 0 radical (unpaired) electrons. The molecule has 0 N–H and O–H groups in total. The third-order valence-corrected chi connectivity index (χ3v) is 2.53. The predicted molar refractivity (Wildman–Crippen MR) is 62.3 cm³/mol. The summed E-state index contributed by atoms with van der Waals surface area (Å²) in [5.74, 6) is 0.101. The molecule has 0 amide bonds. The van der Waals surface area contributed by atoms with Crippen LogP contribution >= 0.6 is 15.9 Å². The summed E-state index contributed by atoms with van der Waals surface area (Å²) in [5.41, 5.74) is 0.476. The lowest BCUT2D eigenvalue weighted by Gasteiger charge is -2.05. The average Bonchev–Trinajstić information content (AvgIpc) is 2.08. The molecule has 1 rings (SSSR count). The van der Waals surface area contributed by atoms with Crippen LogP contribution in [0.5, 0.6) is 0 Å². The van der Waals surface area contributed by atoms with Gasteiger partial charge >= 0.3 is 0 Å². The molecule has 15 heavy (non-hydrogen) atoms. The normalized spacial score (nSPS) is 10.7. The van der Waals surface area contributed by atoms with E-state index >= 15 is 0 Å². The van der Waals surface area contributed by atoms with Crippen molar-refractivity contribution in [1.29, 1.82) is 0 Å². The van der Waals surface area contributed by atoms with E-state index in [1.807, 2.05) is 13.8 Å². The zero-order valence-corrected chi connectivity index (χ0v) is 10.5. The summed E-state index contributed by atoms with van der Waals surface area (Å²) in [4.78, 5) is 11.5. The van der Waals surface area contributed by atoms with Crippen LogP contribution in [0.2, 0.25) is 0 Å². The Labute approximate surface area is 97.8 Å². The van der Waals surface area contributed by atoms with Gasteiger partial charge in [-0.05, 0) is 23.6 Å². The number of rotatable bonds is 4. The van der Waals surface area contributed by atoms with Crippen molar-refractivity contribution in [3.63, 3.8) is 0 Å². The van der Waals surface area contributed by atoms with Gasteiger partial charge in [-0.1, -0.05) is 35.8 Å². The number of carbonyl (C=O) groups is 1. The second-order valence-corrected chi connectivity index (χ2v) is 4.96. The van der Waals surface area contributed by atoms with Crippen LogP contribution in [0.4, 0.5) is 4.39 Å². The van der Waals surface area contributed by atoms with Crippen LogP contribution in [0.1, 0.15) is 25.8 Å². The molecule has 0 saturated carbocycles. The molecule has 1 aromatic carbocycles. The van der Waals surface area contributed by atoms with Gasteiger partial charge in [0.05, 0.1) is 0 Å². The van der Waals surface area contributed by atoms with E-state index in [0.29, 0.717) is 22.4 Å². The van der Waals surface area contributed by atoms with Gasteiger partial charge in [0.25, 0.3) is 0 Å². The molecule has 1 aromatic rings. The van der Waals surface area contributed by atoms with Crippen molar-refractivity contribution in [3.05, 3.63) is 34.1 Å². The Hall–Kier alpha value is -0.700. The van der Waals surface area contributed by atoms with E-state index in [2.05, 4.69) is 15.9 Å². The largest absolute Gasteiger partial charge is 0.299 e. The summed E-state index contributed by atoms with van der Waals surface area (Å²) < 4.78 is 14.1. The quantitative estimate of drug-likeness (QED) is 0.816. The fraction of sp³-hybridized carbons (Fsp3) is 0.417. The van der Waals surface area contributed by atoms with Crippen LogP contribution < -0.4 is 0 Å². The van der Waals surface area contributed by atoms with E-state index in [1.165, 1.54) is 6.07 Å². The van der Waals surface area contributed by atoms with Crippen LogP contribution in [0, 0.1) is 11.7 Å².